The van der Waals surface area contributed by atoms with E-state index in [0.717, 1.165) is 18.2 Å². The van der Waals surface area contributed by atoms with Crippen LogP contribution in [0.4, 0.5) is 8.78 Å². The first kappa shape index (κ1) is 12.5. The maximum atomic E-state index is 13.2. The molecule has 0 aliphatic carbocycles. The second kappa shape index (κ2) is 6.08. The normalized spacial score (nSPS) is 12.8. The highest BCUT2D eigenvalue weighted by atomic mass is 32.2. The number of hydrogen-bond acceptors (Lipinski definition) is 2. The third-order valence-corrected chi connectivity index (χ3v) is 3.21. The van der Waals surface area contributed by atoms with E-state index in [9.17, 15) is 13.9 Å². The Labute approximate surface area is 92.5 Å². The monoisotopic (exact) mass is 232 g/mol. The molecule has 1 aromatic carbocycles. The minimum Gasteiger partial charge on any atom is -0.387 e. The lowest BCUT2D eigenvalue weighted by molar-refractivity contribution is 0.197. The zero-order valence-corrected chi connectivity index (χ0v) is 9.36. The molecule has 0 aromatic heterocycles. The van der Waals surface area contributed by atoms with Crippen molar-refractivity contribution in [3.8, 4) is 0 Å². The summed E-state index contributed by atoms with van der Waals surface area (Å²) in [6.07, 6.45) is 0.0699. The van der Waals surface area contributed by atoms with Gasteiger partial charge in [-0.2, -0.15) is 11.8 Å². The number of thioether (sulfide) groups is 1. The van der Waals surface area contributed by atoms with E-state index in [-0.39, 0.29) is 5.56 Å². The van der Waals surface area contributed by atoms with Gasteiger partial charge >= 0.3 is 0 Å². The van der Waals surface area contributed by atoms with Crippen LogP contribution in [0, 0.1) is 11.6 Å². The van der Waals surface area contributed by atoms with Gasteiger partial charge in [0, 0.05) is 11.3 Å². The summed E-state index contributed by atoms with van der Waals surface area (Å²) in [4.78, 5) is 0. The molecular formula is C11H14F2OS. The van der Waals surface area contributed by atoms with Crippen LogP contribution < -0.4 is 0 Å². The summed E-state index contributed by atoms with van der Waals surface area (Å²) in [5, 5.41) is 9.62. The largest absolute Gasteiger partial charge is 0.387 e. The van der Waals surface area contributed by atoms with Crippen LogP contribution in [0.1, 0.15) is 25.0 Å². The van der Waals surface area contributed by atoms with Crippen LogP contribution >= 0.6 is 11.8 Å². The van der Waals surface area contributed by atoms with E-state index < -0.39 is 17.7 Å². The van der Waals surface area contributed by atoms with Crippen LogP contribution in [-0.2, 0) is 0 Å². The van der Waals surface area contributed by atoms with Crippen molar-refractivity contribution in [2.45, 2.75) is 19.4 Å². The van der Waals surface area contributed by atoms with Gasteiger partial charge in [-0.3, -0.25) is 0 Å². The molecule has 4 heteroatoms. The molecule has 1 rings (SSSR count). The highest BCUT2D eigenvalue weighted by molar-refractivity contribution is 7.99. The summed E-state index contributed by atoms with van der Waals surface area (Å²) in [6, 6.07) is 3.86. The minimum absolute atomic E-state index is 0.0404. The first-order valence-electron chi connectivity index (χ1n) is 4.86. The summed E-state index contributed by atoms with van der Waals surface area (Å²) < 4.78 is 26.1. The van der Waals surface area contributed by atoms with Crippen molar-refractivity contribution in [1.29, 1.82) is 0 Å². The Hall–Kier alpha value is -0.610. The van der Waals surface area contributed by atoms with Crippen LogP contribution in [0.2, 0.25) is 0 Å². The SMILES string of the molecule is CCCSCC(O)c1cccc(F)c1F. The third kappa shape index (κ3) is 3.47. The molecule has 15 heavy (non-hydrogen) atoms. The van der Waals surface area contributed by atoms with Crippen LogP contribution in [-0.4, -0.2) is 16.6 Å². The van der Waals surface area contributed by atoms with Gasteiger partial charge in [0.1, 0.15) is 0 Å². The minimum atomic E-state index is -0.943. The van der Waals surface area contributed by atoms with Gasteiger partial charge in [0.05, 0.1) is 6.10 Å². The van der Waals surface area contributed by atoms with E-state index in [0.29, 0.717) is 5.75 Å². The maximum Gasteiger partial charge on any atom is 0.164 e. The smallest absolute Gasteiger partial charge is 0.164 e. The number of aliphatic hydroxyl groups excluding tert-OH is 1. The predicted molar refractivity (Wildman–Crippen MR) is 58.9 cm³/mol. The van der Waals surface area contributed by atoms with E-state index in [1.54, 1.807) is 0 Å². The Bertz CT molecular complexity index is 317. The molecule has 84 valence electrons. The van der Waals surface area contributed by atoms with Crippen molar-refractivity contribution in [2.75, 3.05) is 11.5 Å². The van der Waals surface area contributed by atoms with Gasteiger partial charge in [0.15, 0.2) is 11.6 Å². The highest BCUT2D eigenvalue weighted by Gasteiger charge is 2.15. The van der Waals surface area contributed by atoms with E-state index in [1.807, 2.05) is 6.92 Å². The molecule has 0 spiro atoms. The lowest BCUT2D eigenvalue weighted by Gasteiger charge is -2.11. The molecule has 0 amide bonds. The molecular weight excluding hydrogens is 218 g/mol. The summed E-state index contributed by atoms with van der Waals surface area (Å²) >= 11 is 1.53. The zero-order valence-electron chi connectivity index (χ0n) is 8.54. The molecule has 0 aliphatic heterocycles. The number of aliphatic hydroxyl groups is 1. The van der Waals surface area contributed by atoms with Crippen molar-refractivity contribution in [3.05, 3.63) is 35.4 Å². The molecule has 1 nitrogen and oxygen atoms in total. The molecule has 1 atom stereocenters. The van der Waals surface area contributed by atoms with Crippen LogP contribution in [0.15, 0.2) is 18.2 Å². The van der Waals surface area contributed by atoms with Gasteiger partial charge in [0.25, 0.3) is 0 Å². The molecule has 0 saturated heterocycles. The fourth-order valence-corrected chi connectivity index (χ4v) is 2.07. The lowest BCUT2D eigenvalue weighted by Crippen LogP contribution is -2.05. The number of hydrogen-bond donors (Lipinski definition) is 1. The van der Waals surface area contributed by atoms with E-state index in [4.69, 9.17) is 0 Å². The van der Waals surface area contributed by atoms with Gasteiger partial charge in [-0.15, -0.1) is 0 Å². The molecule has 0 radical (unpaired) electrons. The first-order valence-corrected chi connectivity index (χ1v) is 6.02. The molecule has 1 unspecified atom stereocenters. The summed E-state index contributed by atoms with van der Waals surface area (Å²) in [5.41, 5.74) is 0.0404. The quantitative estimate of drug-likeness (QED) is 0.787. The average molecular weight is 232 g/mol. The maximum absolute atomic E-state index is 13.2. The number of rotatable bonds is 5. The van der Waals surface area contributed by atoms with Crippen molar-refractivity contribution < 1.29 is 13.9 Å². The Morgan fingerprint density at radius 2 is 2.13 bits per heavy atom. The standard InChI is InChI=1S/C11H14F2OS/c1-2-6-15-7-10(14)8-4-3-5-9(12)11(8)13/h3-5,10,14H,2,6-7H2,1H3. The fraction of sp³-hybridized carbons (Fsp3) is 0.455. The van der Waals surface area contributed by atoms with Gasteiger partial charge in [-0.1, -0.05) is 19.1 Å². The second-order valence-corrected chi connectivity index (χ2v) is 4.38. The van der Waals surface area contributed by atoms with Gasteiger partial charge in [0.2, 0.25) is 0 Å². The molecule has 0 saturated carbocycles. The first-order chi connectivity index (χ1) is 7.16. The van der Waals surface area contributed by atoms with Crippen LogP contribution in [0.5, 0.6) is 0 Å². The summed E-state index contributed by atoms with van der Waals surface area (Å²) in [7, 11) is 0. The van der Waals surface area contributed by atoms with E-state index in [1.165, 1.54) is 23.9 Å². The van der Waals surface area contributed by atoms with Crippen LogP contribution in [0.25, 0.3) is 0 Å². The summed E-state index contributed by atoms with van der Waals surface area (Å²) in [5.74, 6) is -0.545. The Morgan fingerprint density at radius 3 is 2.80 bits per heavy atom. The van der Waals surface area contributed by atoms with Crippen LogP contribution in [0.3, 0.4) is 0 Å². The zero-order chi connectivity index (χ0) is 11.3. The van der Waals surface area contributed by atoms with Crippen molar-refractivity contribution >= 4 is 11.8 Å². The highest BCUT2D eigenvalue weighted by Crippen LogP contribution is 2.22. The second-order valence-electron chi connectivity index (χ2n) is 3.23. The molecule has 0 bridgehead atoms. The lowest BCUT2D eigenvalue weighted by atomic mass is 10.1. The number of halogens is 2. The van der Waals surface area contributed by atoms with E-state index >= 15 is 0 Å². The van der Waals surface area contributed by atoms with Crippen molar-refractivity contribution in [1.82, 2.24) is 0 Å². The average Bonchev–Trinajstić information content (AvgIpc) is 2.22. The van der Waals surface area contributed by atoms with Crippen molar-refractivity contribution in [2.24, 2.45) is 0 Å². The predicted octanol–water partition coefficient (Wildman–Crippen LogP) is 3.14. The topological polar surface area (TPSA) is 20.2 Å². The fourth-order valence-electron chi connectivity index (χ4n) is 1.21. The molecule has 0 fully saturated rings. The van der Waals surface area contributed by atoms with Gasteiger partial charge in [-0.05, 0) is 18.2 Å². The van der Waals surface area contributed by atoms with Crippen molar-refractivity contribution in [3.63, 3.8) is 0 Å². The third-order valence-electron chi connectivity index (χ3n) is 1.96. The van der Waals surface area contributed by atoms with Gasteiger partial charge in [-0.25, -0.2) is 8.78 Å². The van der Waals surface area contributed by atoms with E-state index in [2.05, 4.69) is 0 Å². The Kier molecular flexibility index (Phi) is 5.05. The Balaban J connectivity index is 2.65. The summed E-state index contributed by atoms with van der Waals surface area (Å²) in [6.45, 7) is 2.03. The van der Waals surface area contributed by atoms with Gasteiger partial charge < -0.3 is 5.11 Å². The molecule has 0 heterocycles. The molecule has 1 N–H and O–H groups in total. The Morgan fingerprint density at radius 1 is 1.40 bits per heavy atom. The molecule has 1 aromatic rings. The number of benzene rings is 1. The molecule has 0 aliphatic rings.